The van der Waals surface area contributed by atoms with Crippen molar-refractivity contribution in [3.8, 4) is 6.07 Å². The number of rotatable bonds is 1. The first kappa shape index (κ1) is 10.3. The second-order valence-corrected chi connectivity index (χ2v) is 4.92. The molecule has 0 aliphatic carbocycles. The number of nitriles is 1. The van der Waals surface area contributed by atoms with Crippen molar-refractivity contribution >= 4 is 32.3 Å². The number of benzene rings is 4. The van der Waals surface area contributed by atoms with Crippen LogP contribution in [0.4, 0.5) is 0 Å². The Hall–Kier alpha value is -2.59. The van der Waals surface area contributed by atoms with Gasteiger partial charge in [-0.05, 0) is 37.9 Å². The fourth-order valence-corrected chi connectivity index (χ4v) is 3.04. The summed E-state index contributed by atoms with van der Waals surface area (Å²) in [5.41, 5.74) is 1.12. The first-order chi connectivity index (χ1) is 9.38. The van der Waals surface area contributed by atoms with Crippen molar-refractivity contribution in [3.63, 3.8) is 0 Å². The molecule has 0 fully saturated rings. The molecule has 19 heavy (non-hydrogen) atoms. The molecular weight excluding hydrogens is 230 g/mol. The molecular formula is C18H11N. The van der Waals surface area contributed by atoms with Crippen molar-refractivity contribution < 1.29 is 0 Å². The topological polar surface area (TPSA) is 23.8 Å². The van der Waals surface area contributed by atoms with Crippen LogP contribution in [0.2, 0.25) is 0 Å². The molecule has 88 valence electrons. The summed E-state index contributed by atoms with van der Waals surface area (Å²) in [6.07, 6.45) is 0.466. The molecule has 0 bridgehead atoms. The summed E-state index contributed by atoms with van der Waals surface area (Å²) in [5, 5.41) is 16.6. The van der Waals surface area contributed by atoms with E-state index >= 15 is 0 Å². The predicted octanol–water partition coefficient (Wildman–Crippen LogP) is 4.65. The van der Waals surface area contributed by atoms with E-state index in [4.69, 9.17) is 5.26 Å². The lowest BCUT2D eigenvalue weighted by Crippen LogP contribution is -1.88. The Kier molecular flexibility index (Phi) is 2.01. The molecule has 0 aliphatic heterocycles. The Morgan fingerprint density at radius 2 is 1.37 bits per heavy atom. The van der Waals surface area contributed by atoms with Crippen LogP contribution in [0.5, 0.6) is 0 Å². The molecule has 4 aromatic carbocycles. The van der Waals surface area contributed by atoms with Crippen molar-refractivity contribution in [2.75, 3.05) is 0 Å². The third-order valence-corrected chi connectivity index (χ3v) is 3.89. The van der Waals surface area contributed by atoms with Crippen LogP contribution in [0.25, 0.3) is 32.3 Å². The standard InChI is InChI=1S/C18H11N/c19-11-10-12-4-5-15-7-6-13-2-1-3-14-8-9-16(12)18(15)17(13)14/h1-9H,10H2. The van der Waals surface area contributed by atoms with E-state index in [2.05, 4.69) is 60.7 Å². The molecule has 0 atom stereocenters. The second-order valence-electron chi connectivity index (χ2n) is 4.92. The highest BCUT2D eigenvalue weighted by Gasteiger charge is 2.09. The van der Waals surface area contributed by atoms with Gasteiger partial charge in [0.15, 0.2) is 0 Å². The molecule has 0 spiro atoms. The van der Waals surface area contributed by atoms with Crippen LogP contribution in [0, 0.1) is 11.3 Å². The normalized spacial score (nSPS) is 11.3. The molecule has 1 heteroatoms. The fraction of sp³-hybridized carbons (Fsp3) is 0.0556. The Labute approximate surface area is 111 Å². The van der Waals surface area contributed by atoms with Crippen LogP contribution in [-0.2, 0) is 6.42 Å². The van der Waals surface area contributed by atoms with Gasteiger partial charge in [0.05, 0.1) is 12.5 Å². The minimum atomic E-state index is 0.466. The van der Waals surface area contributed by atoms with Gasteiger partial charge < -0.3 is 0 Å². The summed E-state index contributed by atoms with van der Waals surface area (Å²) in [7, 11) is 0. The Balaban J connectivity index is 2.32. The minimum Gasteiger partial charge on any atom is -0.198 e. The lowest BCUT2D eigenvalue weighted by Gasteiger charge is -2.12. The van der Waals surface area contributed by atoms with E-state index in [1.807, 2.05) is 0 Å². The summed E-state index contributed by atoms with van der Waals surface area (Å²) in [4.78, 5) is 0. The minimum absolute atomic E-state index is 0.466. The van der Waals surface area contributed by atoms with E-state index in [0.29, 0.717) is 6.42 Å². The van der Waals surface area contributed by atoms with Gasteiger partial charge in [-0.15, -0.1) is 0 Å². The van der Waals surface area contributed by atoms with Crippen molar-refractivity contribution in [1.29, 1.82) is 5.26 Å². The Morgan fingerprint density at radius 3 is 2.11 bits per heavy atom. The number of hydrogen-bond donors (Lipinski definition) is 0. The van der Waals surface area contributed by atoms with Crippen LogP contribution >= 0.6 is 0 Å². The first-order valence-electron chi connectivity index (χ1n) is 6.41. The fourth-order valence-electron chi connectivity index (χ4n) is 3.04. The zero-order chi connectivity index (χ0) is 12.8. The average molecular weight is 241 g/mol. The summed E-state index contributed by atoms with van der Waals surface area (Å²) >= 11 is 0. The molecule has 4 aromatic rings. The van der Waals surface area contributed by atoms with Gasteiger partial charge in [-0.3, -0.25) is 0 Å². The molecule has 0 amide bonds. The quantitative estimate of drug-likeness (QED) is 0.445. The van der Waals surface area contributed by atoms with Crippen LogP contribution < -0.4 is 0 Å². The summed E-state index contributed by atoms with van der Waals surface area (Å²) in [6.45, 7) is 0. The maximum atomic E-state index is 8.97. The van der Waals surface area contributed by atoms with Gasteiger partial charge in [0, 0.05) is 0 Å². The van der Waals surface area contributed by atoms with E-state index in [1.165, 1.54) is 32.3 Å². The number of hydrogen-bond acceptors (Lipinski definition) is 1. The monoisotopic (exact) mass is 241 g/mol. The molecule has 0 heterocycles. The van der Waals surface area contributed by atoms with E-state index in [9.17, 15) is 0 Å². The molecule has 0 saturated carbocycles. The van der Waals surface area contributed by atoms with Crippen molar-refractivity contribution in [2.45, 2.75) is 6.42 Å². The Bertz CT molecular complexity index is 928. The predicted molar refractivity (Wildman–Crippen MR) is 79.5 cm³/mol. The van der Waals surface area contributed by atoms with Gasteiger partial charge in [-0.2, -0.15) is 5.26 Å². The van der Waals surface area contributed by atoms with Gasteiger partial charge >= 0.3 is 0 Å². The zero-order valence-corrected chi connectivity index (χ0v) is 10.4. The SMILES string of the molecule is N#CCc1ccc2ccc3cccc4ccc1c2c34. The van der Waals surface area contributed by atoms with Crippen LogP contribution in [0.15, 0.2) is 54.6 Å². The van der Waals surface area contributed by atoms with E-state index in [-0.39, 0.29) is 0 Å². The van der Waals surface area contributed by atoms with Crippen LogP contribution in [0.3, 0.4) is 0 Å². The van der Waals surface area contributed by atoms with Crippen molar-refractivity contribution in [3.05, 3.63) is 60.2 Å². The van der Waals surface area contributed by atoms with Gasteiger partial charge in [0.1, 0.15) is 0 Å². The van der Waals surface area contributed by atoms with Crippen molar-refractivity contribution in [2.24, 2.45) is 0 Å². The second kappa shape index (κ2) is 3.70. The Morgan fingerprint density at radius 1 is 0.737 bits per heavy atom. The average Bonchev–Trinajstić information content (AvgIpc) is 2.46. The zero-order valence-electron chi connectivity index (χ0n) is 10.4. The number of nitrogens with zero attached hydrogens (tertiary/aromatic N) is 1. The summed E-state index contributed by atoms with van der Waals surface area (Å²) in [5.74, 6) is 0. The molecule has 0 N–H and O–H groups in total. The molecule has 0 aromatic heterocycles. The van der Waals surface area contributed by atoms with Crippen molar-refractivity contribution in [1.82, 2.24) is 0 Å². The summed E-state index contributed by atoms with van der Waals surface area (Å²) in [6, 6.07) is 21.5. The molecule has 4 rings (SSSR count). The van der Waals surface area contributed by atoms with E-state index in [0.717, 1.165) is 5.56 Å². The lowest BCUT2D eigenvalue weighted by molar-refractivity contribution is 1.29. The van der Waals surface area contributed by atoms with E-state index in [1.54, 1.807) is 0 Å². The third-order valence-electron chi connectivity index (χ3n) is 3.89. The van der Waals surface area contributed by atoms with Gasteiger partial charge in [-0.25, -0.2) is 0 Å². The maximum Gasteiger partial charge on any atom is 0.0669 e. The molecule has 0 radical (unpaired) electrons. The van der Waals surface area contributed by atoms with Gasteiger partial charge in [0.25, 0.3) is 0 Å². The highest BCUT2D eigenvalue weighted by molar-refractivity contribution is 6.23. The third kappa shape index (κ3) is 1.34. The molecule has 0 unspecified atom stereocenters. The first-order valence-corrected chi connectivity index (χ1v) is 6.41. The molecule has 0 aliphatic rings. The van der Waals surface area contributed by atoms with E-state index < -0.39 is 0 Å². The smallest absolute Gasteiger partial charge is 0.0669 e. The molecule has 1 nitrogen and oxygen atoms in total. The lowest BCUT2D eigenvalue weighted by atomic mass is 9.91. The highest BCUT2D eigenvalue weighted by atomic mass is 14.2. The highest BCUT2D eigenvalue weighted by Crippen LogP contribution is 2.35. The van der Waals surface area contributed by atoms with Gasteiger partial charge in [0.2, 0.25) is 0 Å². The summed E-state index contributed by atoms with van der Waals surface area (Å²) < 4.78 is 0. The molecule has 0 saturated heterocycles. The van der Waals surface area contributed by atoms with Gasteiger partial charge in [-0.1, -0.05) is 54.6 Å². The van der Waals surface area contributed by atoms with Crippen LogP contribution in [-0.4, -0.2) is 0 Å². The van der Waals surface area contributed by atoms with Crippen LogP contribution in [0.1, 0.15) is 5.56 Å². The maximum absolute atomic E-state index is 8.97. The largest absolute Gasteiger partial charge is 0.198 e.